The van der Waals surface area contributed by atoms with E-state index in [2.05, 4.69) is 0 Å². The molecule has 1 saturated heterocycles. The minimum atomic E-state index is -3.64. The molecule has 1 aliphatic heterocycles. The third kappa shape index (κ3) is 2.66. The van der Waals surface area contributed by atoms with Crippen LogP contribution in [0.4, 0.5) is 10.1 Å². The summed E-state index contributed by atoms with van der Waals surface area (Å²) >= 11 is 0. The Labute approximate surface area is 125 Å². The average Bonchev–Trinajstić information content (AvgIpc) is 2.46. The van der Waals surface area contributed by atoms with E-state index in [1.807, 2.05) is 0 Å². The van der Waals surface area contributed by atoms with Crippen LogP contribution in [0.15, 0.2) is 23.1 Å². The number of hydrogen-bond donors (Lipinski definition) is 1. The highest BCUT2D eigenvalue weighted by molar-refractivity contribution is 7.89. The van der Waals surface area contributed by atoms with Crippen LogP contribution >= 0.6 is 0 Å². The minimum Gasteiger partial charge on any atom is -0.398 e. The fraction of sp³-hybridized carbons (Fsp3) is 0.600. The van der Waals surface area contributed by atoms with Crippen molar-refractivity contribution in [3.8, 4) is 0 Å². The Morgan fingerprint density at radius 3 is 2.62 bits per heavy atom. The number of fused-ring (bicyclic) bond motifs is 1. The highest BCUT2D eigenvalue weighted by Gasteiger charge is 2.40. The van der Waals surface area contributed by atoms with Gasteiger partial charge in [0.15, 0.2) is 0 Å². The van der Waals surface area contributed by atoms with Crippen LogP contribution in [0.25, 0.3) is 0 Å². The van der Waals surface area contributed by atoms with Crippen molar-refractivity contribution in [3.05, 3.63) is 24.0 Å². The van der Waals surface area contributed by atoms with Crippen molar-refractivity contribution >= 4 is 15.7 Å². The predicted octanol–water partition coefficient (Wildman–Crippen LogP) is 2.75. The zero-order chi connectivity index (χ0) is 15.0. The number of nitrogens with zero attached hydrogens (tertiary/aromatic N) is 1. The molecule has 2 fully saturated rings. The summed E-state index contributed by atoms with van der Waals surface area (Å²) in [6.07, 6.45) is 6.29. The number of hydrogen-bond acceptors (Lipinski definition) is 3. The molecule has 1 aliphatic carbocycles. The lowest BCUT2D eigenvalue weighted by molar-refractivity contribution is 0.129. The summed E-state index contributed by atoms with van der Waals surface area (Å²) in [7, 11) is -3.64. The standard InChI is InChI=1S/C15H21FN2O2S/c16-12-7-8-15(13(17)10-12)21(19,20)18-9-3-5-11-4-1-2-6-14(11)18/h7-8,10-11,14H,1-6,9,17H2. The Morgan fingerprint density at radius 1 is 1.14 bits per heavy atom. The second-order valence-corrected chi connectivity index (χ2v) is 7.91. The van der Waals surface area contributed by atoms with Crippen LogP contribution in [-0.4, -0.2) is 25.3 Å². The Balaban J connectivity index is 1.96. The van der Waals surface area contributed by atoms with E-state index in [-0.39, 0.29) is 16.6 Å². The van der Waals surface area contributed by atoms with Crippen molar-refractivity contribution in [1.82, 2.24) is 4.31 Å². The van der Waals surface area contributed by atoms with Gasteiger partial charge in [0.05, 0.1) is 5.69 Å². The van der Waals surface area contributed by atoms with Gasteiger partial charge in [0.2, 0.25) is 10.0 Å². The van der Waals surface area contributed by atoms with Crippen molar-refractivity contribution in [3.63, 3.8) is 0 Å². The van der Waals surface area contributed by atoms with Crippen LogP contribution in [0.5, 0.6) is 0 Å². The van der Waals surface area contributed by atoms with E-state index in [0.717, 1.165) is 44.2 Å². The van der Waals surface area contributed by atoms with Gasteiger partial charge in [0, 0.05) is 12.6 Å². The van der Waals surface area contributed by atoms with Gasteiger partial charge in [-0.3, -0.25) is 0 Å². The molecule has 2 N–H and O–H groups in total. The van der Waals surface area contributed by atoms with Gasteiger partial charge in [-0.25, -0.2) is 12.8 Å². The molecule has 21 heavy (non-hydrogen) atoms. The van der Waals surface area contributed by atoms with Crippen LogP contribution in [-0.2, 0) is 10.0 Å². The lowest BCUT2D eigenvalue weighted by Crippen LogP contribution is -2.49. The van der Waals surface area contributed by atoms with Gasteiger partial charge < -0.3 is 5.73 Å². The third-order valence-corrected chi connectivity index (χ3v) is 6.75. The molecule has 3 rings (SSSR count). The first-order valence-electron chi connectivity index (χ1n) is 7.57. The summed E-state index contributed by atoms with van der Waals surface area (Å²) in [5.41, 5.74) is 5.73. The maximum Gasteiger partial charge on any atom is 0.245 e. The summed E-state index contributed by atoms with van der Waals surface area (Å²) in [6, 6.07) is 3.61. The van der Waals surface area contributed by atoms with Crippen molar-refractivity contribution < 1.29 is 12.8 Å². The molecule has 2 atom stereocenters. The van der Waals surface area contributed by atoms with Crippen molar-refractivity contribution in [2.45, 2.75) is 49.5 Å². The number of piperidine rings is 1. The summed E-state index contributed by atoms with van der Waals surface area (Å²) in [4.78, 5) is 0.0372. The van der Waals surface area contributed by atoms with E-state index in [0.29, 0.717) is 12.5 Å². The first-order chi connectivity index (χ1) is 10.00. The molecule has 1 aromatic rings. The molecule has 2 unspecified atom stereocenters. The molecular formula is C15H21FN2O2S. The maximum atomic E-state index is 13.2. The monoisotopic (exact) mass is 312 g/mol. The number of benzene rings is 1. The molecule has 0 radical (unpaired) electrons. The number of sulfonamides is 1. The SMILES string of the molecule is Nc1cc(F)ccc1S(=O)(=O)N1CCCC2CCCCC21. The summed E-state index contributed by atoms with van der Waals surface area (Å²) in [5, 5.41) is 0. The molecule has 0 amide bonds. The van der Waals surface area contributed by atoms with Crippen LogP contribution in [0.2, 0.25) is 0 Å². The predicted molar refractivity (Wildman–Crippen MR) is 79.7 cm³/mol. The molecule has 1 aromatic carbocycles. The van der Waals surface area contributed by atoms with Gasteiger partial charge in [-0.2, -0.15) is 4.31 Å². The maximum absolute atomic E-state index is 13.2. The van der Waals surface area contributed by atoms with Crippen molar-refractivity contribution in [2.75, 3.05) is 12.3 Å². The molecule has 0 aromatic heterocycles. The normalized spacial score (nSPS) is 27.3. The highest BCUT2D eigenvalue weighted by Crippen LogP contribution is 2.38. The van der Waals surface area contributed by atoms with E-state index in [4.69, 9.17) is 5.73 Å². The van der Waals surface area contributed by atoms with E-state index < -0.39 is 15.8 Å². The van der Waals surface area contributed by atoms with Gasteiger partial charge in [-0.1, -0.05) is 12.8 Å². The van der Waals surface area contributed by atoms with E-state index in [1.165, 1.54) is 12.5 Å². The van der Waals surface area contributed by atoms with Crippen LogP contribution in [0.3, 0.4) is 0 Å². The summed E-state index contributed by atoms with van der Waals surface area (Å²) in [6.45, 7) is 0.542. The van der Waals surface area contributed by atoms with Crippen molar-refractivity contribution in [1.29, 1.82) is 0 Å². The topological polar surface area (TPSA) is 63.4 Å². The fourth-order valence-corrected chi connectivity index (χ4v) is 5.61. The summed E-state index contributed by atoms with van der Waals surface area (Å²) < 4.78 is 40.6. The second-order valence-electron chi connectivity index (χ2n) is 6.05. The van der Waals surface area contributed by atoms with Gasteiger partial charge >= 0.3 is 0 Å². The Morgan fingerprint density at radius 2 is 1.86 bits per heavy atom. The first-order valence-corrected chi connectivity index (χ1v) is 9.01. The second kappa shape index (κ2) is 5.57. The number of nitrogen functional groups attached to an aromatic ring is 1. The van der Waals surface area contributed by atoms with Crippen LogP contribution < -0.4 is 5.73 Å². The molecule has 1 saturated carbocycles. The lowest BCUT2D eigenvalue weighted by atomic mass is 9.79. The zero-order valence-corrected chi connectivity index (χ0v) is 12.8. The Kier molecular flexibility index (Phi) is 3.92. The van der Waals surface area contributed by atoms with E-state index >= 15 is 0 Å². The number of nitrogens with two attached hydrogens (primary N) is 1. The van der Waals surface area contributed by atoms with Gasteiger partial charge in [-0.05, 0) is 49.8 Å². The number of halogens is 1. The summed E-state index contributed by atoms with van der Waals surface area (Å²) in [5.74, 6) is -0.0513. The average molecular weight is 312 g/mol. The minimum absolute atomic E-state index is 0.00654. The Bertz CT molecular complexity index is 631. The molecule has 0 bridgehead atoms. The number of rotatable bonds is 2. The van der Waals surface area contributed by atoms with Gasteiger partial charge in [-0.15, -0.1) is 0 Å². The molecule has 0 spiro atoms. The zero-order valence-electron chi connectivity index (χ0n) is 12.0. The molecule has 116 valence electrons. The highest BCUT2D eigenvalue weighted by atomic mass is 32.2. The fourth-order valence-electron chi connectivity index (χ4n) is 3.76. The largest absolute Gasteiger partial charge is 0.398 e. The quantitative estimate of drug-likeness (QED) is 0.854. The van der Waals surface area contributed by atoms with Gasteiger partial charge in [0.25, 0.3) is 0 Å². The van der Waals surface area contributed by atoms with Crippen molar-refractivity contribution in [2.24, 2.45) is 5.92 Å². The Hall–Kier alpha value is -1.14. The lowest BCUT2D eigenvalue weighted by Gasteiger charge is -2.43. The smallest absolute Gasteiger partial charge is 0.245 e. The molecular weight excluding hydrogens is 291 g/mol. The van der Waals surface area contributed by atoms with E-state index in [9.17, 15) is 12.8 Å². The molecule has 6 heteroatoms. The van der Waals surface area contributed by atoms with Crippen LogP contribution in [0, 0.1) is 11.7 Å². The third-order valence-electron chi connectivity index (χ3n) is 4.75. The van der Waals surface area contributed by atoms with Gasteiger partial charge in [0.1, 0.15) is 10.7 Å². The first kappa shape index (κ1) is 14.8. The molecule has 4 nitrogen and oxygen atoms in total. The number of anilines is 1. The molecule has 2 aliphatic rings. The van der Waals surface area contributed by atoms with Crippen LogP contribution in [0.1, 0.15) is 38.5 Å². The van der Waals surface area contributed by atoms with E-state index in [1.54, 1.807) is 4.31 Å². The molecule has 1 heterocycles.